The van der Waals surface area contributed by atoms with Crippen molar-refractivity contribution >= 4 is 33.6 Å². The average Bonchev–Trinajstić information content (AvgIpc) is 2.69. The number of carbonyl (C=O) groups excluding carboxylic acids is 3. The highest BCUT2D eigenvalue weighted by atomic mass is 32.2. The van der Waals surface area contributed by atoms with Crippen molar-refractivity contribution in [3.63, 3.8) is 0 Å². The van der Waals surface area contributed by atoms with Crippen LogP contribution in [0.2, 0.25) is 0 Å². The van der Waals surface area contributed by atoms with Crippen LogP contribution in [0.4, 0.5) is 10.5 Å². The normalized spacial score (nSPS) is 18.8. The summed E-state index contributed by atoms with van der Waals surface area (Å²) in [5, 5.41) is 0. The summed E-state index contributed by atoms with van der Waals surface area (Å²) in [6, 6.07) is 5.44. The van der Waals surface area contributed by atoms with E-state index < -0.39 is 10.0 Å². The number of nitrogens with one attached hydrogen (secondary N) is 1. The number of rotatable bonds is 5. The molecule has 0 saturated carbocycles. The van der Waals surface area contributed by atoms with Crippen molar-refractivity contribution in [2.45, 2.75) is 50.0 Å². The molecule has 0 radical (unpaired) electrons. The Labute approximate surface area is 170 Å². The van der Waals surface area contributed by atoms with E-state index in [-0.39, 0.29) is 28.8 Å². The molecular formula is C19H25N3O6S. The molecular weight excluding hydrogens is 398 g/mol. The van der Waals surface area contributed by atoms with Gasteiger partial charge in [-0.05, 0) is 50.5 Å². The van der Waals surface area contributed by atoms with E-state index in [1.807, 2.05) is 0 Å². The number of likely N-dealkylation sites (tertiary alicyclic amines) is 1. The van der Waals surface area contributed by atoms with Gasteiger partial charge in [0.2, 0.25) is 21.8 Å². The largest absolute Gasteiger partial charge is 0.450 e. The minimum atomic E-state index is -3.76. The van der Waals surface area contributed by atoms with Crippen molar-refractivity contribution in [3.8, 4) is 0 Å². The van der Waals surface area contributed by atoms with Gasteiger partial charge in [0, 0.05) is 32.0 Å². The Bertz CT molecular complexity index is 860. The molecule has 10 heteroatoms. The fourth-order valence-electron chi connectivity index (χ4n) is 3.50. The van der Waals surface area contributed by atoms with Crippen molar-refractivity contribution in [2.24, 2.45) is 0 Å². The number of benzene rings is 1. The summed E-state index contributed by atoms with van der Waals surface area (Å²) in [5.74, 6) is -0.549. The lowest BCUT2D eigenvalue weighted by Crippen LogP contribution is -2.46. The summed E-state index contributed by atoms with van der Waals surface area (Å²) in [5.41, 5.74) is 0.376. The van der Waals surface area contributed by atoms with Crippen LogP contribution in [0, 0.1) is 0 Å². The molecule has 2 heterocycles. The third kappa shape index (κ3) is 4.94. The molecule has 2 saturated heterocycles. The number of hydrogen-bond donors (Lipinski definition) is 1. The molecule has 0 aliphatic carbocycles. The van der Waals surface area contributed by atoms with Gasteiger partial charge < -0.3 is 9.64 Å². The number of hydrogen-bond acceptors (Lipinski definition) is 6. The number of carbonyl (C=O) groups is 3. The molecule has 29 heavy (non-hydrogen) atoms. The first-order chi connectivity index (χ1) is 13.8. The lowest BCUT2D eigenvalue weighted by Gasteiger charge is -2.31. The van der Waals surface area contributed by atoms with E-state index in [1.54, 1.807) is 11.8 Å². The first-order valence-corrected chi connectivity index (χ1v) is 11.2. The van der Waals surface area contributed by atoms with E-state index in [0.717, 1.165) is 4.90 Å². The summed E-state index contributed by atoms with van der Waals surface area (Å²) in [4.78, 5) is 38.5. The molecule has 3 amide bonds. The lowest BCUT2D eigenvalue weighted by molar-refractivity contribution is -0.129. The molecule has 1 N–H and O–H groups in total. The molecule has 0 bridgehead atoms. The van der Waals surface area contributed by atoms with E-state index in [9.17, 15) is 22.8 Å². The molecule has 2 aliphatic rings. The summed E-state index contributed by atoms with van der Waals surface area (Å²) in [7, 11) is -3.76. The van der Waals surface area contributed by atoms with E-state index in [2.05, 4.69) is 4.72 Å². The summed E-state index contributed by atoms with van der Waals surface area (Å²) < 4.78 is 33.0. The number of anilines is 1. The van der Waals surface area contributed by atoms with Crippen molar-refractivity contribution in [3.05, 3.63) is 24.3 Å². The van der Waals surface area contributed by atoms with E-state index in [1.165, 1.54) is 24.3 Å². The van der Waals surface area contributed by atoms with Gasteiger partial charge in [0.05, 0.1) is 17.2 Å². The molecule has 2 aliphatic heterocycles. The molecule has 158 valence electrons. The number of ether oxygens (including phenoxy) is 1. The van der Waals surface area contributed by atoms with Gasteiger partial charge in [-0.3, -0.25) is 14.5 Å². The van der Waals surface area contributed by atoms with Gasteiger partial charge in [0.15, 0.2) is 0 Å². The molecule has 0 atom stereocenters. The summed E-state index contributed by atoms with van der Waals surface area (Å²) in [6.07, 6.45) is 1.75. The third-order valence-corrected chi connectivity index (χ3v) is 6.56. The van der Waals surface area contributed by atoms with Gasteiger partial charge in [-0.25, -0.2) is 17.9 Å². The van der Waals surface area contributed by atoms with Crippen LogP contribution in [0.1, 0.15) is 39.0 Å². The molecule has 0 aromatic heterocycles. The smallest absolute Gasteiger partial charge is 0.409 e. The molecule has 1 aromatic rings. The van der Waals surface area contributed by atoms with Crippen LogP contribution in [0.3, 0.4) is 0 Å². The fraction of sp³-hybridized carbons (Fsp3) is 0.526. The Hall–Kier alpha value is -2.46. The Morgan fingerprint density at radius 3 is 2.24 bits per heavy atom. The molecule has 0 unspecified atom stereocenters. The molecule has 9 nitrogen and oxygen atoms in total. The quantitative estimate of drug-likeness (QED) is 0.720. The summed E-state index contributed by atoms with van der Waals surface area (Å²) in [6.45, 7) is 2.88. The van der Waals surface area contributed by atoms with Crippen LogP contribution in [0.15, 0.2) is 29.2 Å². The van der Waals surface area contributed by atoms with Gasteiger partial charge in [0.1, 0.15) is 0 Å². The van der Waals surface area contributed by atoms with Crippen LogP contribution in [0.5, 0.6) is 0 Å². The van der Waals surface area contributed by atoms with Gasteiger partial charge in [-0.2, -0.15) is 0 Å². The fourth-order valence-corrected chi connectivity index (χ4v) is 4.80. The Balaban J connectivity index is 1.62. The monoisotopic (exact) mass is 423 g/mol. The van der Waals surface area contributed by atoms with Gasteiger partial charge in [0.25, 0.3) is 0 Å². The van der Waals surface area contributed by atoms with Gasteiger partial charge in [-0.1, -0.05) is 0 Å². The minimum Gasteiger partial charge on any atom is -0.450 e. The maximum atomic E-state index is 12.7. The number of imide groups is 1. The average molecular weight is 423 g/mol. The molecule has 3 rings (SSSR count). The molecule has 0 spiro atoms. The number of nitrogens with zero attached hydrogens (tertiary/aromatic N) is 2. The zero-order chi connectivity index (χ0) is 21.0. The van der Waals surface area contributed by atoms with Crippen molar-refractivity contribution in [1.82, 2.24) is 9.62 Å². The topological polar surface area (TPSA) is 113 Å². The second-order valence-corrected chi connectivity index (χ2v) is 8.77. The third-order valence-electron chi connectivity index (χ3n) is 5.03. The first kappa shape index (κ1) is 21.3. The van der Waals surface area contributed by atoms with E-state index in [0.29, 0.717) is 57.5 Å². The highest BCUT2D eigenvalue weighted by Crippen LogP contribution is 2.24. The number of sulfonamides is 1. The van der Waals surface area contributed by atoms with Crippen LogP contribution in [-0.4, -0.2) is 57.0 Å². The highest BCUT2D eigenvalue weighted by Gasteiger charge is 2.29. The maximum Gasteiger partial charge on any atom is 0.409 e. The Morgan fingerprint density at radius 2 is 1.69 bits per heavy atom. The molecule has 1 aromatic carbocycles. The number of amides is 3. The van der Waals surface area contributed by atoms with Crippen molar-refractivity contribution < 1.29 is 27.5 Å². The lowest BCUT2D eigenvalue weighted by atomic mass is 10.1. The predicted molar refractivity (Wildman–Crippen MR) is 105 cm³/mol. The van der Waals surface area contributed by atoms with Crippen LogP contribution < -0.4 is 9.62 Å². The van der Waals surface area contributed by atoms with Crippen molar-refractivity contribution in [2.75, 3.05) is 24.6 Å². The van der Waals surface area contributed by atoms with Crippen molar-refractivity contribution in [1.29, 1.82) is 0 Å². The number of piperidine rings is 2. The maximum absolute atomic E-state index is 12.7. The Kier molecular flexibility index (Phi) is 6.53. The molecule has 2 fully saturated rings. The first-order valence-electron chi connectivity index (χ1n) is 9.71. The highest BCUT2D eigenvalue weighted by molar-refractivity contribution is 7.89. The zero-order valence-corrected chi connectivity index (χ0v) is 17.1. The Morgan fingerprint density at radius 1 is 1.10 bits per heavy atom. The predicted octanol–water partition coefficient (Wildman–Crippen LogP) is 1.63. The van der Waals surface area contributed by atoms with Gasteiger partial charge >= 0.3 is 6.09 Å². The van der Waals surface area contributed by atoms with Crippen LogP contribution in [0.25, 0.3) is 0 Å². The second kappa shape index (κ2) is 8.91. The van der Waals surface area contributed by atoms with E-state index in [4.69, 9.17) is 4.74 Å². The summed E-state index contributed by atoms with van der Waals surface area (Å²) >= 11 is 0. The van der Waals surface area contributed by atoms with E-state index >= 15 is 0 Å². The minimum absolute atomic E-state index is 0.0611. The second-order valence-electron chi connectivity index (χ2n) is 7.05. The van der Waals surface area contributed by atoms with Gasteiger partial charge in [-0.15, -0.1) is 0 Å². The van der Waals surface area contributed by atoms with Crippen LogP contribution >= 0.6 is 0 Å². The van der Waals surface area contributed by atoms with Crippen LogP contribution in [-0.2, 0) is 24.3 Å². The standard InChI is InChI=1S/C19H25N3O6S/c1-2-28-19(25)21-12-10-14(11-13-21)20-29(26,27)16-8-6-15(7-9-16)22-17(23)4-3-5-18(22)24/h6-9,14,20H,2-5,10-13H2,1H3. The SMILES string of the molecule is CCOC(=O)N1CCC(NS(=O)(=O)c2ccc(N3C(=O)CCCC3=O)cc2)CC1. The zero-order valence-electron chi connectivity index (χ0n) is 16.3.